The van der Waals surface area contributed by atoms with Crippen LogP contribution in [0.3, 0.4) is 0 Å². The Hall–Kier alpha value is -3.12. The van der Waals surface area contributed by atoms with Gasteiger partial charge in [-0.05, 0) is 49.7 Å². The predicted molar refractivity (Wildman–Crippen MR) is 111 cm³/mol. The fourth-order valence-corrected chi connectivity index (χ4v) is 3.81. The number of sulfonamides is 1. The van der Waals surface area contributed by atoms with Crippen molar-refractivity contribution in [2.45, 2.75) is 25.3 Å². The third-order valence-corrected chi connectivity index (χ3v) is 5.64. The van der Waals surface area contributed by atoms with Crippen LogP contribution in [-0.4, -0.2) is 14.3 Å². The fraction of sp³-hybridized carbons (Fsp3) is 0.136. The molecule has 5 nitrogen and oxygen atoms in total. The van der Waals surface area contributed by atoms with Crippen LogP contribution in [-0.2, 0) is 16.6 Å². The van der Waals surface area contributed by atoms with Crippen LogP contribution in [0.1, 0.15) is 27.0 Å². The van der Waals surface area contributed by atoms with E-state index in [-0.39, 0.29) is 10.8 Å². The van der Waals surface area contributed by atoms with Crippen LogP contribution in [0.15, 0.2) is 77.7 Å². The molecule has 6 heteroatoms. The van der Waals surface area contributed by atoms with E-state index in [1.165, 1.54) is 6.07 Å². The van der Waals surface area contributed by atoms with E-state index in [2.05, 4.69) is 10.0 Å². The Morgan fingerprint density at radius 1 is 0.857 bits per heavy atom. The summed E-state index contributed by atoms with van der Waals surface area (Å²) >= 11 is 0. The third-order valence-electron chi connectivity index (χ3n) is 4.24. The summed E-state index contributed by atoms with van der Waals surface area (Å²) in [5.41, 5.74) is 3.83. The summed E-state index contributed by atoms with van der Waals surface area (Å²) in [6.07, 6.45) is 0. The summed E-state index contributed by atoms with van der Waals surface area (Å²) < 4.78 is 27.6. The molecule has 0 aromatic heterocycles. The van der Waals surface area contributed by atoms with Gasteiger partial charge in [0.05, 0.1) is 4.90 Å². The number of hydrogen-bond acceptors (Lipinski definition) is 3. The molecule has 0 aliphatic rings. The number of benzene rings is 3. The third kappa shape index (κ3) is 4.98. The predicted octanol–water partition coefficient (Wildman–Crippen LogP) is 4.03. The molecule has 0 saturated heterocycles. The molecule has 0 spiro atoms. The van der Waals surface area contributed by atoms with Crippen molar-refractivity contribution in [3.05, 3.63) is 95.1 Å². The maximum atomic E-state index is 12.5. The first-order valence-electron chi connectivity index (χ1n) is 8.87. The molecule has 0 aliphatic heterocycles. The summed E-state index contributed by atoms with van der Waals surface area (Å²) in [5.74, 6) is -0.266. The average molecular weight is 394 g/mol. The van der Waals surface area contributed by atoms with E-state index in [0.717, 1.165) is 16.7 Å². The lowest BCUT2D eigenvalue weighted by Gasteiger charge is -2.10. The minimum atomic E-state index is -3.71. The molecular formula is C22H22N2O3S. The number of rotatable bonds is 6. The van der Waals surface area contributed by atoms with Crippen LogP contribution in [0.25, 0.3) is 0 Å². The Balaban J connectivity index is 1.71. The van der Waals surface area contributed by atoms with Crippen LogP contribution in [0.4, 0.5) is 5.69 Å². The smallest absolute Gasteiger partial charge is 0.261 e. The van der Waals surface area contributed by atoms with Gasteiger partial charge >= 0.3 is 0 Å². The molecule has 3 aromatic rings. The van der Waals surface area contributed by atoms with Gasteiger partial charge in [0.15, 0.2) is 0 Å². The molecule has 0 unspecified atom stereocenters. The molecule has 1 amide bonds. The van der Waals surface area contributed by atoms with Crippen molar-refractivity contribution in [2.75, 3.05) is 4.72 Å². The molecule has 0 heterocycles. The van der Waals surface area contributed by atoms with Crippen LogP contribution in [0, 0.1) is 13.8 Å². The highest BCUT2D eigenvalue weighted by Crippen LogP contribution is 2.18. The maximum absolute atomic E-state index is 12.5. The Morgan fingerprint density at radius 2 is 1.57 bits per heavy atom. The lowest BCUT2D eigenvalue weighted by molar-refractivity contribution is 0.0951. The highest BCUT2D eigenvalue weighted by atomic mass is 32.2. The molecule has 144 valence electrons. The van der Waals surface area contributed by atoms with Gasteiger partial charge in [-0.2, -0.15) is 0 Å². The van der Waals surface area contributed by atoms with Crippen LogP contribution < -0.4 is 10.0 Å². The SMILES string of the molecule is Cc1ccc(S(=O)(=O)Nc2cccc(C(=O)NCc3cccc(C)c3)c2)cc1. The topological polar surface area (TPSA) is 75.3 Å². The Bertz CT molecular complexity index is 1090. The van der Waals surface area contributed by atoms with Gasteiger partial charge in [-0.1, -0.05) is 53.6 Å². The van der Waals surface area contributed by atoms with E-state index < -0.39 is 10.0 Å². The number of carbonyl (C=O) groups excluding carboxylic acids is 1. The Labute approximate surface area is 165 Å². The summed E-state index contributed by atoms with van der Waals surface area (Å²) in [5, 5.41) is 2.85. The monoisotopic (exact) mass is 394 g/mol. The normalized spacial score (nSPS) is 11.1. The van der Waals surface area contributed by atoms with E-state index in [1.807, 2.05) is 38.1 Å². The van der Waals surface area contributed by atoms with Crippen molar-refractivity contribution in [3.63, 3.8) is 0 Å². The Morgan fingerprint density at radius 3 is 2.29 bits per heavy atom. The van der Waals surface area contributed by atoms with Gasteiger partial charge in [0.2, 0.25) is 0 Å². The summed E-state index contributed by atoms with van der Waals surface area (Å²) in [6.45, 7) is 4.29. The molecule has 28 heavy (non-hydrogen) atoms. The van der Waals surface area contributed by atoms with Crippen molar-refractivity contribution in [2.24, 2.45) is 0 Å². The minimum absolute atomic E-state index is 0.174. The number of nitrogens with one attached hydrogen (secondary N) is 2. The second-order valence-corrected chi connectivity index (χ2v) is 8.35. The van der Waals surface area contributed by atoms with E-state index in [9.17, 15) is 13.2 Å². The summed E-state index contributed by atoms with van der Waals surface area (Å²) in [6, 6.07) is 20.9. The summed E-state index contributed by atoms with van der Waals surface area (Å²) in [4.78, 5) is 12.6. The van der Waals surface area contributed by atoms with E-state index in [4.69, 9.17) is 0 Å². The van der Waals surface area contributed by atoms with Crippen LogP contribution in [0.5, 0.6) is 0 Å². The lowest BCUT2D eigenvalue weighted by Crippen LogP contribution is -2.23. The molecule has 2 N–H and O–H groups in total. The first kappa shape index (κ1) is 19.6. The highest BCUT2D eigenvalue weighted by molar-refractivity contribution is 7.92. The Kier molecular flexibility index (Phi) is 5.80. The van der Waals surface area contributed by atoms with Gasteiger partial charge in [-0.25, -0.2) is 8.42 Å². The number of amides is 1. The molecule has 0 atom stereocenters. The number of aryl methyl sites for hydroxylation is 2. The zero-order valence-electron chi connectivity index (χ0n) is 15.8. The average Bonchev–Trinajstić information content (AvgIpc) is 2.66. The fourth-order valence-electron chi connectivity index (χ4n) is 2.76. The first-order chi connectivity index (χ1) is 13.3. The van der Waals surface area contributed by atoms with Gasteiger partial charge in [0.1, 0.15) is 0 Å². The largest absolute Gasteiger partial charge is 0.348 e. The van der Waals surface area contributed by atoms with Gasteiger partial charge in [-0.3, -0.25) is 9.52 Å². The van der Waals surface area contributed by atoms with Gasteiger partial charge in [0.25, 0.3) is 15.9 Å². The second-order valence-electron chi connectivity index (χ2n) is 6.67. The molecule has 0 saturated carbocycles. The van der Waals surface area contributed by atoms with Crippen LogP contribution in [0.2, 0.25) is 0 Å². The van der Waals surface area contributed by atoms with Gasteiger partial charge in [-0.15, -0.1) is 0 Å². The van der Waals surface area contributed by atoms with Crippen molar-refractivity contribution in [3.8, 4) is 0 Å². The first-order valence-corrected chi connectivity index (χ1v) is 10.4. The van der Waals surface area contributed by atoms with E-state index in [1.54, 1.807) is 42.5 Å². The number of anilines is 1. The highest BCUT2D eigenvalue weighted by Gasteiger charge is 2.15. The minimum Gasteiger partial charge on any atom is -0.348 e. The molecule has 0 radical (unpaired) electrons. The molecule has 0 fully saturated rings. The molecule has 0 aliphatic carbocycles. The number of carbonyl (C=O) groups is 1. The maximum Gasteiger partial charge on any atom is 0.261 e. The lowest BCUT2D eigenvalue weighted by atomic mass is 10.1. The van der Waals surface area contributed by atoms with Crippen molar-refractivity contribution >= 4 is 21.6 Å². The molecule has 0 bridgehead atoms. The van der Waals surface area contributed by atoms with Crippen molar-refractivity contribution in [1.82, 2.24) is 5.32 Å². The zero-order chi connectivity index (χ0) is 20.1. The number of hydrogen-bond donors (Lipinski definition) is 2. The van der Waals surface area contributed by atoms with Crippen LogP contribution >= 0.6 is 0 Å². The summed E-state index contributed by atoms with van der Waals surface area (Å²) in [7, 11) is -3.71. The molecular weight excluding hydrogens is 372 g/mol. The zero-order valence-corrected chi connectivity index (χ0v) is 16.6. The van der Waals surface area contributed by atoms with Crippen molar-refractivity contribution < 1.29 is 13.2 Å². The van der Waals surface area contributed by atoms with Gasteiger partial charge in [0, 0.05) is 17.8 Å². The van der Waals surface area contributed by atoms with E-state index >= 15 is 0 Å². The second kappa shape index (κ2) is 8.27. The quantitative estimate of drug-likeness (QED) is 0.663. The van der Waals surface area contributed by atoms with Crippen molar-refractivity contribution in [1.29, 1.82) is 0 Å². The molecule has 3 aromatic carbocycles. The molecule has 3 rings (SSSR count). The van der Waals surface area contributed by atoms with E-state index in [0.29, 0.717) is 17.8 Å². The van der Waals surface area contributed by atoms with Gasteiger partial charge < -0.3 is 5.32 Å². The standard InChI is InChI=1S/C22H22N2O3S/c1-16-9-11-21(12-10-16)28(26,27)24-20-8-4-7-19(14-20)22(25)23-15-18-6-3-5-17(2)13-18/h3-14,24H,15H2,1-2H3,(H,23,25).